The molecule has 0 radical (unpaired) electrons. The summed E-state index contributed by atoms with van der Waals surface area (Å²) in [5.41, 5.74) is 0.178. The molecule has 2 aromatic carbocycles. The van der Waals surface area contributed by atoms with Gasteiger partial charge in [-0.25, -0.2) is 0 Å². The molecule has 2 N–H and O–H groups in total. The van der Waals surface area contributed by atoms with Gasteiger partial charge >= 0.3 is 5.97 Å². The highest BCUT2D eigenvalue weighted by Gasteiger charge is 2.74. The Bertz CT molecular complexity index is 1690. The van der Waals surface area contributed by atoms with Crippen LogP contribution >= 0.6 is 0 Å². The number of carbonyl (C=O) groups excluding carboxylic acids is 2. The summed E-state index contributed by atoms with van der Waals surface area (Å²) in [6.45, 7) is 10.7. The van der Waals surface area contributed by atoms with Gasteiger partial charge in [0.05, 0.1) is 36.9 Å². The predicted octanol–water partition coefficient (Wildman–Crippen LogP) is 5.45. The van der Waals surface area contributed by atoms with Crippen LogP contribution in [0.4, 0.5) is 0 Å². The number of aromatic hydroxyl groups is 1. The number of carbonyl (C=O) groups is 2. The molecule has 248 valence electrons. The number of methoxy groups -OCH3 is 1. The van der Waals surface area contributed by atoms with Crippen LogP contribution < -0.4 is 4.74 Å². The van der Waals surface area contributed by atoms with E-state index in [1.165, 1.54) is 13.2 Å². The van der Waals surface area contributed by atoms with E-state index in [9.17, 15) is 19.8 Å². The lowest BCUT2D eigenvalue weighted by Crippen LogP contribution is -2.67. The van der Waals surface area contributed by atoms with Gasteiger partial charge in [0.2, 0.25) is 0 Å². The van der Waals surface area contributed by atoms with Crippen molar-refractivity contribution in [2.45, 2.75) is 75.3 Å². The molecule has 3 aliphatic carbocycles. The number of Topliss-reactive ketones (excluding diaryl/α,β-unsaturated/α-hetero) is 1. The quantitative estimate of drug-likeness (QED) is 0.290. The van der Waals surface area contributed by atoms with E-state index < -0.39 is 34.3 Å². The van der Waals surface area contributed by atoms with Gasteiger partial charge in [0.25, 0.3) is 0 Å². The molecular formula is C39H44O8. The highest BCUT2D eigenvalue weighted by molar-refractivity contribution is 6.04. The first-order valence-corrected chi connectivity index (χ1v) is 16.6. The van der Waals surface area contributed by atoms with Crippen LogP contribution in [-0.2, 0) is 36.6 Å². The average molecular weight is 641 g/mol. The Morgan fingerprint density at radius 3 is 2.60 bits per heavy atom. The van der Waals surface area contributed by atoms with Crippen molar-refractivity contribution in [3.05, 3.63) is 95.1 Å². The molecule has 8 nitrogen and oxygen atoms in total. The zero-order chi connectivity index (χ0) is 33.4. The first-order chi connectivity index (χ1) is 22.4. The maximum atomic E-state index is 13.8. The number of aliphatic hydroxyl groups is 1. The second-order valence-electron chi connectivity index (χ2n) is 14.6. The third-order valence-electron chi connectivity index (χ3n) is 11.7. The SMILES string of the molecule is C=C(C)[C@]12C[C@@H](C)[C@@]34OCC(Cc5ccccc5)(C[C@@H]1[C@@H]3C=C(COC(=O)Cc1ccc(O)c(OC)c1)C[C@]1(O)C(=O)C(C)=C[C@@H]41)O2. The minimum atomic E-state index is -1.73. The van der Waals surface area contributed by atoms with Crippen LogP contribution in [0.2, 0.25) is 0 Å². The number of ether oxygens (including phenoxy) is 4. The molecule has 1 unspecified atom stereocenters. The van der Waals surface area contributed by atoms with E-state index in [1.54, 1.807) is 19.1 Å². The molecule has 2 heterocycles. The van der Waals surface area contributed by atoms with Crippen LogP contribution in [0.25, 0.3) is 0 Å². The molecule has 0 amide bonds. The third kappa shape index (κ3) is 4.82. The Kier molecular flexibility index (Phi) is 7.58. The van der Waals surface area contributed by atoms with Crippen molar-refractivity contribution in [3.8, 4) is 11.5 Å². The van der Waals surface area contributed by atoms with Crippen LogP contribution in [0.3, 0.4) is 0 Å². The summed E-state index contributed by atoms with van der Waals surface area (Å²) >= 11 is 0. The van der Waals surface area contributed by atoms with Crippen LogP contribution in [-0.4, -0.2) is 64.7 Å². The third-order valence-corrected chi connectivity index (χ3v) is 11.7. The standard InChI is InChI=1S/C39H44O8/c1-23(2)38-17-25(4)39-29(30(38)20-36(47-38,22-46-39)18-26-9-7-6-8-10-26)14-28(19-37(43)33(39)13-24(3)35(37)42)21-45-34(41)16-27-11-12-31(40)32(15-27)44-5/h6-15,25,29-30,33,40,43H,1,16-22H2,2-5H3/t25-,29+,30-,33-,36?,37-,38-,39-/m1/s1. The highest BCUT2D eigenvalue weighted by Crippen LogP contribution is 2.68. The van der Waals surface area contributed by atoms with Gasteiger partial charge < -0.3 is 29.2 Å². The van der Waals surface area contributed by atoms with Crippen molar-refractivity contribution in [2.75, 3.05) is 20.3 Å². The van der Waals surface area contributed by atoms with Crippen LogP contribution in [0.15, 0.2) is 84.0 Å². The molecular weight excluding hydrogens is 596 g/mol. The van der Waals surface area contributed by atoms with Crippen molar-refractivity contribution in [3.63, 3.8) is 0 Å². The molecule has 0 spiro atoms. The van der Waals surface area contributed by atoms with E-state index in [-0.39, 0.29) is 54.5 Å². The molecule has 8 heteroatoms. The summed E-state index contributed by atoms with van der Waals surface area (Å²) in [4.78, 5) is 26.9. The van der Waals surface area contributed by atoms with E-state index in [0.29, 0.717) is 36.2 Å². The molecule has 2 saturated heterocycles. The lowest BCUT2D eigenvalue weighted by atomic mass is 9.52. The van der Waals surface area contributed by atoms with E-state index in [0.717, 1.165) is 17.6 Å². The normalized spacial score (nSPS) is 36.8. The molecule has 0 aromatic heterocycles. The number of fused-ring (bicyclic) bond motifs is 2. The summed E-state index contributed by atoms with van der Waals surface area (Å²) in [6, 6.07) is 15.0. The maximum Gasteiger partial charge on any atom is 0.310 e. The summed E-state index contributed by atoms with van der Waals surface area (Å²) in [5, 5.41) is 22.4. The second-order valence-corrected chi connectivity index (χ2v) is 14.6. The molecule has 47 heavy (non-hydrogen) atoms. The van der Waals surface area contributed by atoms with Crippen LogP contribution in [0.5, 0.6) is 11.5 Å². The lowest BCUT2D eigenvalue weighted by molar-refractivity contribution is -0.270. The Balaban J connectivity index is 1.27. The van der Waals surface area contributed by atoms with Gasteiger partial charge in [-0.2, -0.15) is 0 Å². The van der Waals surface area contributed by atoms with Gasteiger partial charge in [-0.15, -0.1) is 0 Å². The minimum absolute atomic E-state index is 0.0135. The molecule has 2 aromatic rings. The average Bonchev–Trinajstić information content (AvgIpc) is 3.39. The van der Waals surface area contributed by atoms with Gasteiger partial charge in [0.15, 0.2) is 17.3 Å². The van der Waals surface area contributed by atoms with Crippen LogP contribution in [0.1, 0.15) is 51.2 Å². The Morgan fingerprint density at radius 2 is 1.87 bits per heavy atom. The first kappa shape index (κ1) is 31.9. The Labute approximate surface area is 276 Å². The largest absolute Gasteiger partial charge is 0.504 e. The molecule has 5 aliphatic rings. The topological polar surface area (TPSA) is 112 Å². The number of esters is 1. The van der Waals surface area contributed by atoms with E-state index in [2.05, 4.69) is 38.6 Å². The molecule has 3 bridgehead atoms. The summed E-state index contributed by atoms with van der Waals surface area (Å²) in [5.74, 6) is -1.42. The van der Waals surface area contributed by atoms with E-state index >= 15 is 0 Å². The monoisotopic (exact) mass is 640 g/mol. The number of hydrogen-bond donors (Lipinski definition) is 2. The maximum absolute atomic E-state index is 13.8. The first-order valence-electron chi connectivity index (χ1n) is 16.6. The highest BCUT2D eigenvalue weighted by atomic mass is 16.6. The van der Waals surface area contributed by atoms with Crippen molar-refractivity contribution in [1.29, 1.82) is 0 Å². The molecule has 2 aliphatic heterocycles. The fraction of sp³-hybridized carbons (Fsp3) is 0.487. The van der Waals surface area contributed by atoms with Gasteiger partial charge in [-0.3, -0.25) is 9.59 Å². The second kappa shape index (κ2) is 11.2. The minimum Gasteiger partial charge on any atom is -0.504 e. The Morgan fingerprint density at radius 1 is 1.11 bits per heavy atom. The fourth-order valence-corrected chi connectivity index (χ4v) is 9.70. The summed E-state index contributed by atoms with van der Waals surface area (Å²) in [7, 11) is 1.45. The number of benzene rings is 2. The summed E-state index contributed by atoms with van der Waals surface area (Å²) < 4.78 is 25.4. The Hall–Kier alpha value is -3.72. The lowest BCUT2D eigenvalue weighted by Gasteiger charge is -2.60. The number of phenolic OH excluding ortho intramolecular Hbond substituents is 1. The number of hydrogen-bond acceptors (Lipinski definition) is 8. The number of rotatable bonds is 8. The van der Waals surface area contributed by atoms with Gasteiger partial charge in [0, 0.05) is 30.6 Å². The zero-order valence-electron chi connectivity index (χ0n) is 27.6. The molecule has 8 atom stereocenters. The smallest absolute Gasteiger partial charge is 0.310 e. The van der Waals surface area contributed by atoms with E-state index in [1.807, 2.05) is 24.3 Å². The predicted molar refractivity (Wildman–Crippen MR) is 175 cm³/mol. The van der Waals surface area contributed by atoms with Gasteiger partial charge in [-0.05, 0) is 72.6 Å². The molecule has 3 fully saturated rings. The van der Waals surface area contributed by atoms with Crippen molar-refractivity contribution in [2.24, 2.45) is 23.7 Å². The zero-order valence-corrected chi connectivity index (χ0v) is 27.6. The van der Waals surface area contributed by atoms with Crippen molar-refractivity contribution in [1.82, 2.24) is 0 Å². The number of phenols is 1. The van der Waals surface area contributed by atoms with Gasteiger partial charge in [-0.1, -0.05) is 62.1 Å². The summed E-state index contributed by atoms with van der Waals surface area (Å²) in [6.07, 6.45) is 6.17. The van der Waals surface area contributed by atoms with E-state index in [4.69, 9.17) is 18.9 Å². The van der Waals surface area contributed by atoms with Gasteiger partial charge in [0.1, 0.15) is 12.2 Å². The molecule has 7 rings (SSSR count). The van der Waals surface area contributed by atoms with Crippen molar-refractivity contribution >= 4 is 11.8 Å². The molecule has 1 saturated carbocycles. The fourth-order valence-electron chi connectivity index (χ4n) is 9.70. The van der Waals surface area contributed by atoms with Crippen LogP contribution in [0, 0.1) is 23.7 Å². The van der Waals surface area contributed by atoms with Crippen molar-refractivity contribution < 1.29 is 38.7 Å². The number of ketones is 1.